The number of hydrogen-bond acceptors (Lipinski definition) is 1. The molecule has 3 aromatic rings. The van der Waals surface area contributed by atoms with Gasteiger partial charge in [0, 0.05) is 0 Å². The number of aryl methyl sites for hydroxylation is 1. The lowest BCUT2D eigenvalue weighted by Crippen LogP contribution is -2.00. The van der Waals surface area contributed by atoms with Crippen molar-refractivity contribution in [1.29, 1.82) is 0 Å². The Morgan fingerprint density at radius 2 is 1.55 bits per heavy atom. The molecule has 0 unspecified atom stereocenters. The molecule has 0 radical (unpaired) electrons. The van der Waals surface area contributed by atoms with Crippen LogP contribution in [-0.2, 0) is 6.42 Å². The Kier molecular flexibility index (Phi) is 3.09. The molecule has 0 amide bonds. The van der Waals surface area contributed by atoms with E-state index in [4.69, 9.17) is 0 Å². The van der Waals surface area contributed by atoms with Gasteiger partial charge in [0.05, 0.1) is 0 Å². The van der Waals surface area contributed by atoms with Crippen LogP contribution in [0.5, 0.6) is 0 Å². The summed E-state index contributed by atoms with van der Waals surface area (Å²) in [7, 11) is 0. The molecule has 0 fully saturated rings. The summed E-state index contributed by atoms with van der Waals surface area (Å²) in [5.74, 6) is 0. The molecular weight excluding hydrogens is 268 g/mol. The van der Waals surface area contributed by atoms with Crippen LogP contribution in [0, 0.1) is 6.92 Å². The van der Waals surface area contributed by atoms with Crippen molar-refractivity contribution in [1.82, 2.24) is 0 Å². The second kappa shape index (κ2) is 5.11. The Bertz CT molecular complexity index is 848. The average Bonchev–Trinajstić information content (AvgIpc) is 2.91. The van der Waals surface area contributed by atoms with Crippen molar-refractivity contribution in [3.05, 3.63) is 94.5 Å². The van der Waals surface area contributed by atoms with E-state index in [1.54, 1.807) is 0 Å². The Balaban J connectivity index is 1.73. The van der Waals surface area contributed by atoms with Gasteiger partial charge in [0.2, 0.25) is 0 Å². The number of benzene rings is 3. The summed E-state index contributed by atoms with van der Waals surface area (Å²) in [6.07, 6.45) is 0.397. The summed E-state index contributed by atoms with van der Waals surface area (Å²) >= 11 is 0. The Morgan fingerprint density at radius 3 is 2.41 bits per heavy atom. The van der Waals surface area contributed by atoms with E-state index in [-0.39, 0.29) is 0 Å². The maximum atomic E-state index is 10.7. The van der Waals surface area contributed by atoms with E-state index in [1.807, 2.05) is 24.3 Å². The Morgan fingerprint density at radius 1 is 0.773 bits per heavy atom. The van der Waals surface area contributed by atoms with Gasteiger partial charge >= 0.3 is 0 Å². The molecular formula is C21H18O. The standard InChI is InChI=1S/C21H18O/c1-14-5-4-7-16(11-14)21(22)17-9-10-20-18(13-17)12-15-6-2-3-8-19(15)20/h2-11,13,21-22H,12H2,1H3/t21-/m0/s1. The molecule has 1 atom stereocenters. The van der Waals surface area contributed by atoms with Crippen molar-refractivity contribution in [2.45, 2.75) is 19.4 Å². The minimum absolute atomic E-state index is 0.561. The van der Waals surface area contributed by atoms with E-state index in [2.05, 4.69) is 49.4 Å². The smallest absolute Gasteiger partial charge is 0.104 e. The molecule has 0 bridgehead atoms. The minimum Gasteiger partial charge on any atom is -0.384 e. The van der Waals surface area contributed by atoms with Crippen LogP contribution in [0.1, 0.15) is 33.9 Å². The monoisotopic (exact) mass is 286 g/mol. The number of aliphatic hydroxyl groups is 1. The highest BCUT2D eigenvalue weighted by Crippen LogP contribution is 2.38. The van der Waals surface area contributed by atoms with Gasteiger partial charge in [0.1, 0.15) is 6.10 Å². The molecule has 1 heteroatoms. The Hall–Kier alpha value is -2.38. The van der Waals surface area contributed by atoms with E-state index in [0.29, 0.717) is 0 Å². The second-order valence-corrected chi connectivity index (χ2v) is 6.07. The molecule has 0 saturated heterocycles. The molecule has 4 rings (SSSR count). The maximum absolute atomic E-state index is 10.7. The first kappa shape index (κ1) is 13.3. The fourth-order valence-corrected chi connectivity index (χ4v) is 3.37. The summed E-state index contributed by atoms with van der Waals surface area (Å²) in [4.78, 5) is 0. The van der Waals surface area contributed by atoms with Gasteiger partial charge in [-0.2, -0.15) is 0 Å². The van der Waals surface area contributed by atoms with E-state index in [1.165, 1.54) is 27.8 Å². The third-order valence-corrected chi connectivity index (χ3v) is 4.49. The van der Waals surface area contributed by atoms with Crippen LogP contribution < -0.4 is 0 Å². The van der Waals surface area contributed by atoms with Gasteiger partial charge in [-0.3, -0.25) is 0 Å². The van der Waals surface area contributed by atoms with Crippen LogP contribution in [0.2, 0.25) is 0 Å². The van der Waals surface area contributed by atoms with Crippen molar-refractivity contribution in [2.75, 3.05) is 0 Å². The Labute approximate surface area is 130 Å². The minimum atomic E-state index is -0.561. The quantitative estimate of drug-likeness (QED) is 0.569. The predicted molar refractivity (Wildman–Crippen MR) is 89.9 cm³/mol. The lowest BCUT2D eigenvalue weighted by Gasteiger charge is -2.13. The zero-order valence-electron chi connectivity index (χ0n) is 12.6. The van der Waals surface area contributed by atoms with E-state index >= 15 is 0 Å². The number of aliphatic hydroxyl groups excluding tert-OH is 1. The highest BCUT2D eigenvalue weighted by atomic mass is 16.3. The van der Waals surface area contributed by atoms with Gasteiger partial charge in [-0.1, -0.05) is 72.3 Å². The van der Waals surface area contributed by atoms with Crippen LogP contribution in [0.25, 0.3) is 11.1 Å². The van der Waals surface area contributed by atoms with Crippen molar-refractivity contribution < 1.29 is 5.11 Å². The predicted octanol–water partition coefficient (Wildman–Crippen LogP) is 4.65. The normalized spacial score (nSPS) is 13.5. The largest absolute Gasteiger partial charge is 0.384 e. The molecule has 0 saturated carbocycles. The first-order valence-electron chi connectivity index (χ1n) is 7.68. The molecule has 1 aliphatic rings. The van der Waals surface area contributed by atoms with Crippen molar-refractivity contribution in [3.63, 3.8) is 0 Å². The van der Waals surface area contributed by atoms with Crippen LogP contribution >= 0.6 is 0 Å². The molecule has 1 aliphatic carbocycles. The molecule has 3 aromatic carbocycles. The SMILES string of the molecule is Cc1cccc([C@H](O)c2ccc3c(c2)Cc2ccccc2-3)c1. The number of rotatable bonds is 2. The summed E-state index contributed by atoms with van der Waals surface area (Å²) in [6, 6.07) is 23.0. The lowest BCUT2D eigenvalue weighted by molar-refractivity contribution is 0.220. The highest BCUT2D eigenvalue weighted by Gasteiger charge is 2.20. The van der Waals surface area contributed by atoms with Crippen molar-refractivity contribution in [3.8, 4) is 11.1 Å². The van der Waals surface area contributed by atoms with Crippen molar-refractivity contribution in [2.24, 2.45) is 0 Å². The van der Waals surface area contributed by atoms with Crippen LogP contribution in [0.15, 0.2) is 66.7 Å². The molecule has 0 aromatic heterocycles. The van der Waals surface area contributed by atoms with Gasteiger partial charge in [-0.15, -0.1) is 0 Å². The van der Waals surface area contributed by atoms with Gasteiger partial charge < -0.3 is 5.11 Å². The van der Waals surface area contributed by atoms with Gasteiger partial charge in [0.15, 0.2) is 0 Å². The van der Waals surface area contributed by atoms with E-state index in [9.17, 15) is 5.11 Å². The third kappa shape index (κ3) is 2.15. The first-order valence-corrected chi connectivity index (χ1v) is 7.68. The van der Waals surface area contributed by atoms with Gasteiger partial charge in [-0.25, -0.2) is 0 Å². The van der Waals surface area contributed by atoms with Gasteiger partial charge in [0.25, 0.3) is 0 Å². The molecule has 0 aliphatic heterocycles. The molecule has 1 nitrogen and oxygen atoms in total. The summed E-state index contributed by atoms with van der Waals surface area (Å²) < 4.78 is 0. The number of hydrogen-bond donors (Lipinski definition) is 1. The zero-order chi connectivity index (χ0) is 15.1. The zero-order valence-corrected chi connectivity index (χ0v) is 12.6. The third-order valence-electron chi connectivity index (χ3n) is 4.49. The molecule has 0 heterocycles. The fraction of sp³-hybridized carbons (Fsp3) is 0.143. The maximum Gasteiger partial charge on any atom is 0.104 e. The average molecular weight is 286 g/mol. The van der Waals surface area contributed by atoms with E-state index in [0.717, 1.165) is 17.5 Å². The van der Waals surface area contributed by atoms with Crippen LogP contribution in [0.3, 0.4) is 0 Å². The topological polar surface area (TPSA) is 20.2 Å². The first-order chi connectivity index (χ1) is 10.7. The number of fused-ring (bicyclic) bond motifs is 3. The van der Waals surface area contributed by atoms with Crippen LogP contribution in [0.4, 0.5) is 0 Å². The summed E-state index contributed by atoms with van der Waals surface area (Å²) in [6.45, 7) is 2.05. The second-order valence-electron chi connectivity index (χ2n) is 6.07. The summed E-state index contributed by atoms with van der Waals surface area (Å²) in [5.41, 5.74) is 8.41. The van der Waals surface area contributed by atoms with E-state index < -0.39 is 6.10 Å². The molecule has 0 spiro atoms. The van der Waals surface area contributed by atoms with Crippen molar-refractivity contribution >= 4 is 0 Å². The molecule has 1 N–H and O–H groups in total. The molecule has 22 heavy (non-hydrogen) atoms. The van der Waals surface area contributed by atoms with Crippen LogP contribution in [-0.4, -0.2) is 5.11 Å². The molecule has 108 valence electrons. The lowest BCUT2D eigenvalue weighted by atomic mass is 9.96. The highest BCUT2D eigenvalue weighted by molar-refractivity contribution is 5.77. The van der Waals surface area contributed by atoms with Gasteiger partial charge in [-0.05, 0) is 46.7 Å². The summed E-state index contributed by atoms with van der Waals surface area (Å²) in [5, 5.41) is 10.7. The fourth-order valence-electron chi connectivity index (χ4n) is 3.37.